The van der Waals surface area contributed by atoms with Crippen molar-refractivity contribution in [2.24, 2.45) is 5.73 Å². The van der Waals surface area contributed by atoms with Gasteiger partial charge in [-0.3, -0.25) is 57.4 Å². The summed E-state index contributed by atoms with van der Waals surface area (Å²) in [5, 5.41) is 31.6. The molecule has 2 fully saturated rings. The van der Waals surface area contributed by atoms with Gasteiger partial charge in [-0.2, -0.15) is 0 Å². The van der Waals surface area contributed by atoms with Crippen molar-refractivity contribution in [1.29, 1.82) is 0 Å². The Hall–Kier alpha value is -10.9. The molecule has 6 aliphatic rings. The molecule has 0 aliphatic carbocycles. The number of hydrogen-bond acceptors (Lipinski definition) is 17. The molecular weight excluding hydrogens is 1420 g/mol. The Kier molecular flexibility index (Phi) is 26.9. The van der Waals surface area contributed by atoms with Crippen molar-refractivity contribution < 1.29 is 71.3 Å². The lowest BCUT2D eigenvalue weighted by Crippen LogP contribution is -2.64. The molecule has 11 amide bonds. The maximum atomic E-state index is 16.3. The largest absolute Gasteiger partial charge is 0.497 e. The Bertz CT molecular complexity index is 4380. The summed E-state index contributed by atoms with van der Waals surface area (Å²) in [6.45, 7) is 6.69. The number of amides is 11. The van der Waals surface area contributed by atoms with Gasteiger partial charge in [0.1, 0.15) is 71.7 Å². The summed E-state index contributed by atoms with van der Waals surface area (Å²) >= 11 is 0. The zero-order chi connectivity index (χ0) is 78.2. The van der Waals surface area contributed by atoms with E-state index in [4.69, 9.17) is 19.9 Å². The van der Waals surface area contributed by atoms with E-state index in [1.54, 1.807) is 85.7 Å². The number of halogens is 1. The molecule has 0 radical (unpaired) electrons. The highest BCUT2D eigenvalue weighted by molar-refractivity contribution is 6.00. The third kappa shape index (κ3) is 20.1. The molecular formula is C79H99FN16O14. The smallest absolute Gasteiger partial charge is 0.246 e. The summed E-state index contributed by atoms with van der Waals surface area (Å²) in [7, 11) is 1.50. The highest BCUT2D eigenvalue weighted by atomic mass is 19.1. The van der Waals surface area contributed by atoms with Gasteiger partial charge < -0.3 is 81.7 Å². The monoisotopic (exact) mass is 1510 g/mol. The molecule has 12 bridgehead atoms. The molecule has 8 heterocycles. The van der Waals surface area contributed by atoms with Crippen LogP contribution >= 0.6 is 0 Å². The topological polar surface area (TPSA) is 383 Å². The van der Waals surface area contributed by atoms with E-state index < -0.39 is 132 Å². The minimum absolute atomic E-state index is 0.00236. The quantitative estimate of drug-likeness (QED) is 0.0887. The first kappa shape index (κ1) is 80.1. The minimum atomic E-state index is -1.72. The van der Waals surface area contributed by atoms with E-state index in [0.29, 0.717) is 76.8 Å². The predicted molar refractivity (Wildman–Crippen MR) is 401 cm³/mol. The van der Waals surface area contributed by atoms with Gasteiger partial charge in [-0.05, 0) is 129 Å². The summed E-state index contributed by atoms with van der Waals surface area (Å²) in [5.74, 6) is -7.90. The number of hydrogen-bond donors (Lipinski definition) is 9. The van der Waals surface area contributed by atoms with Crippen molar-refractivity contribution in [3.63, 3.8) is 0 Å². The number of nitrogens with one attached hydrogen (secondary N) is 8. The number of aromatic nitrogens is 4. The minimum Gasteiger partial charge on any atom is -0.497 e. The molecule has 4 aromatic carbocycles. The highest BCUT2D eigenvalue weighted by Crippen LogP contribution is 2.32. The number of rotatable bonds is 10. The fraction of sp³-hybridized carbons (Fsp3) is 0.481. The summed E-state index contributed by atoms with van der Waals surface area (Å²) in [6, 6.07) is 15.0. The van der Waals surface area contributed by atoms with Crippen LogP contribution in [0, 0.1) is 5.82 Å². The second-order valence-electron chi connectivity index (χ2n) is 29.0. The number of carbonyl (C=O) groups is 11. The summed E-state index contributed by atoms with van der Waals surface area (Å²) in [6.07, 6.45) is 5.46. The van der Waals surface area contributed by atoms with Gasteiger partial charge in [-0.1, -0.05) is 85.0 Å². The third-order valence-electron chi connectivity index (χ3n) is 21.0. The SMILES string of the molecule is CC[C@H]1NC(=O)[C@H](C)NC(=O)CCC(=O)N2CCC/C=C/Cn3cc(c4cc(F)ccc43)C[C@@H]3NC(=O)[C@H](Cc4cccc(c4)CNC(=O)CO[C@H]4CCN(C3=O)[C@@H]4C(=O)N[C@@H]([C@@H](C)OCc3cn(CCN)nn3)C(=O)N[C@@H](Cc3ccc(OC)cc3)C(=O)N3CCC[C@@]3(C)C(=O)NCCc3ccc(cc3)C2)NC1=O. The van der Waals surface area contributed by atoms with E-state index in [-0.39, 0.29) is 116 Å². The fourth-order valence-corrected chi connectivity index (χ4v) is 14.8. The Morgan fingerprint density at radius 1 is 0.718 bits per heavy atom. The third-order valence-corrected chi connectivity index (χ3v) is 21.0. The predicted octanol–water partition coefficient (Wildman–Crippen LogP) is 2.14. The average Bonchev–Trinajstić information content (AvgIpc) is 1.62. The number of allylic oxidation sites excluding steroid dienone is 2. The summed E-state index contributed by atoms with van der Waals surface area (Å²) in [5.41, 5.74) is 9.00. The van der Waals surface area contributed by atoms with E-state index in [1.165, 1.54) is 47.6 Å². The van der Waals surface area contributed by atoms with Crippen molar-refractivity contribution >= 4 is 75.9 Å². The standard InChI is InChI=1S/C79H99FN16O14/c1-6-60-72(101)86-61-39-53-13-11-14-54(37-53)42-83-67(98)47-110-65-28-35-95-70(65)75(104)89-69(49(3)109-46-57-45-94(36-30-81)91-90-57)74(103)88-62(38-51-19-22-58(108-5)23-20-51)77(106)96-34-12-29-79(96,4)78(107)82-31-27-50-15-17-52(18-16-50)43-93(68(99)26-25-66(97)84-48(2)71(100)85-60)33-10-8-7-9-32-92-44-55(40-63(76(95)105)87-73(61)102)59-41-56(80)21-24-64(59)92/h7,9,11,13-24,37,41,44-45,48-49,60-63,65,69-70H,6,8,10,12,25-36,38-40,42-43,46-47,81H2,1-5H3,(H,82,107)(H,83,98)(H,84,97)(H,85,100)(H,86,101)(H,87,102)(H,88,103)(H,89,104)/b9-7+/t48-,49+,60+,61-,62-,63-,65-,69-,70-,79-/m0/s1. The average molecular weight is 1520 g/mol. The van der Waals surface area contributed by atoms with Crippen LogP contribution < -0.4 is 53.0 Å². The molecule has 30 nitrogen and oxygen atoms in total. The fourth-order valence-electron chi connectivity index (χ4n) is 14.8. The van der Waals surface area contributed by atoms with Crippen LogP contribution in [0.15, 0.2) is 116 Å². The number of benzene rings is 4. The van der Waals surface area contributed by atoms with Gasteiger partial charge >= 0.3 is 0 Å². The molecule has 2 aromatic heterocycles. The maximum absolute atomic E-state index is 16.3. The van der Waals surface area contributed by atoms with E-state index in [9.17, 15) is 28.8 Å². The van der Waals surface area contributed by atoms with Crippen LogP contribution in [-0.4, -0.2) is 206 Å². The van der Waals surface area contributed by atoms with Crippen LogP contribution in [0.3, 0.4) is 0 Å². The molecule has 6 aromatic rings. The van der Waals surface area contributed by atoms with Crippen molar-refractivity contribution in [1.82, 2.24) is 76.8 Å². The molecule has 12 rings (SSSR count). The zero-order valence-electron chi connectivity index (χ0n) is 62.7. The van der Waals surface area contributed by atoms with Crippen LogP contribution in [-0.2, 0) is 121 Å². The van der Waals surface area contributed by atoms with Gasteiger partial charge in [0.05, 0.1) is 38.7 Å². The molecule has 586 valence electrons. The van der Waals surface area contributed by atoms with Gasteiger partial charge in [0, 0.05) is 102 Å². The molecule has 10 atom stereocenters. The van der Waals surface area contributed by atoms with Crippen LogP contribution in [0.25, 0.3) is 10.9 Å². The molecule has 6 aliphatic heterocycles. The van der Waals surface area contributed by atoms with Gasteiger partial charge in [0.15, 0.2) is 0 Å². The molecule has 0 spiro atoms. The van der Waals surface area contributed by atoms with Crippen molar-refractivity contribution in [2.75, 3.05) is 46.4 Å². The van der Waals surface area contributed by atoms with Gasteiger partial charge in [-0.15, -0.1) is 5.10 Å². The van der Waals surface area contributed by atoms with Crippen LogP contribution in [0.2, 0.25) is 0 Å². The number of nitrogens with zero attached hydrogens (tertiary/aromatic N) is 7. The van der Waals surface area contributed by atoms with Gasteiger partial charge in [0.25, 0.3) is 0 Å². The van der Waals surface area contributed by atoms with Gasteiger partial charge in [0.2, 0.25) is 65.0 Å². The van der Waals surface area contributed by atoms with Crippen LogP contribution in [0.5, 0.6) is 5.75 Å². The molecule has 0 saturated carbocycles. The Morgan fingerprint density at radius 2 is 1.48 bits per heavy atom. The summed E-state index contributed by atoms with van der Waals surface area (Å²) in [4.78, 5) is 169. The molecule has 31 heteroatoms. The van der Waals surface area contributed by atoms with Crippen molar-refractivity contribution in [2.45, 2.75) is 198 Å². The lowest BCUT2D eigenvalue weighted by Gasteiger charge is -2.37. The normalized spacial score (nSPS) is 25.2. The first-order valence-corrected chi connectivity index (χ1v) is 37.8. The molecule has 110 heavy (non-hydrogen) atoms. The molecule has 0 unspecified atom stereocenters. The van der Waals surface area contributed by atoms with Crippen LogP contribution in [0.1, 0.15) is 118 Å². The zero-order valence-corrected chi connectivity index (χ0v) is 62.7. The van der Waals surface area contributed by atoms with Gasteiger partial charge in [-0.25, -0.2) is 4.39 Å². The second-order valence-corrected chi connectivity index (χ2v) is 29.0. The number of fused-ring (bicyclic) bond motifs is 16. The first-order valence-electron chi connectivity index (χ1n) is 37.8. The van der Waals surface area contributed by atoms with Crippen LogP contribution in [0.4, 0.5) is 4.39 Å². The van der Waals surface area contributed by atoms with E-state index >= 15 is 28.4 Å². The maximum Gasteiger partial charge on any atom is 0.246 e. The van der Waals surface area contributed by atoms with Crippen molar-refractivity contribution in [3.8, 4) is 5.75 Å². The number of methoxy groups -OCH3 is 1. The number of carbonyl (C=O) groups excluding carboxylic acids is 11. The molecule has 2 saturated heterocycles. The van der Waals surface area contributed by atoms with E-state index in [2.05, 4.69) is 52.8 Å². The Morgan fingerprint density at radius 3 is 2.25 bits per heavy atom. The van der Waals surface area contributed by atoms with Crippen molar-refractivity contribution in [3.05, 3.63) is 160 Å². The number of nitrogens with two attached hydrogens (primary N) is 1. The number of ether oxygens (including phenoxy) is 3. The second kappa shape index (κ2) is 37.0. The van der Waals surface area contributed by atoms with E-state index in [0.717, 1.165) is 11.1 Å². The Labute approximate surface area is 637 Å². The molecule has 10 N–H and O–H groups in total. The Balaban J connectivity index is 1.04. The lowest BCUT2D eigenvalue weighted by atomic mass is 9.95. The summed E-state index contributed by atoms with van der Waals surface area (Å²) < 4.78 is 37.4. The lowest BCUT2D eigenvalue weighted by molar-refractivity contribution is -0.148. The first-order chi connectivity index (χ1) is 53.0. The van der Waals surface area contributed by atoms with E-state index in [1.807, 2.05) is 41.0 Å². The highest BCUT2D eigenvalue weighted by Gasteiger charge is 2.50.